The molecule has 0 saturated carbocycles. The quantitative estimate of drug-likeness (QED) is 0.762. The second-order valence-electron chi connectivity index (χ2n) is 4.80. The summed E-state index contributed by atoms with van der Waals surface area (Å²) in [5, 5.41) is 16.2. The summed E-state index contributed by atoms with van der Waals surface area (Å²) in [5.74, 6) is 0.782. The first-order valence-corrected chi connectivity index (χ1v) is 7.53. The Hall–Kier alpha value is -1.84. The second-order valence-corrected chi connectivity index (χ2v) is 5.58. The van der Waals surface area contributed by atoms with Crippen LogP contribution in [0.25, 0.3) is 10.8 Å². The molecule has 2 aromatic carbocycles. The predicted octanol–water partition coefficient (Wildman–Crippen LogP) is 4.53. The zero-order chi connectivity index (χ0) is 13.9. The van der Waals surface area contributed by atoms with E-state index in [0.29, 0.717) is 6.61 Å². The predicted molar refractivity (Wildman–Crippen MR) is 83.2 cm³/mol. The molecule has 0 aliphatic heterocycles. The average Bonchev–Trinajstić information content (AvgIpc) is 2.97. The summed E-state index contributed by atoms with van der Waals surface area (Å²) < 4.78 is 6.00. The number of rotatable bonds is 4. The van der Waals surface area contributed by atoms with Crippen LogP contribution in [0.5, 0.6) is 5.75 Å². The first kappa shape index (κ1) is 13.2. The Morgan fingerprint density at radius 2 is 2.00 bits per heavy atom. The van der Waals surface area contributed by atoms with Crippen LogP contribution in [-0.2, 0) is 6.61 Å². The van der Waals surface area contributed by atoms with Crippen molar-refractivity contribution in [1.82, 2.24) is 0 Å². The van der Waals surface area contributed by atoms with Gasteiger partial charge in [0, 0.05) is 10.9 Å². The number of benzene rings is 2. The zero-order valence-electron chi connectivity index (χ0n) is 11.2. The lowest BCUT2D eigenvalue weighted by Crippen LogP contribution is -2.01. The summed E-state index contributed by atoms with van der Waals surface area (Å²) >= 11 is 1.66. The van der Waals surface area contributed by atoms with Gasteiger partial charge in [0.1, 0.15) is 12.4 Å². The van der Waals surface area contributed by atoms with Crippen LogP contribution in [-0.4, -0.2) is 5.11 Å². The molecule has 1 heterocycles. The third kappa shape index (κ3) is 2.55. The van der Waals surface area contributed by atoms with Gasteiger partial charge in [0.25, 0.3) is 0 Å². The maximum Gasteiger partial charge on any atom is 0.133 e. The fourth-order valence-corrected chi connectivity index (χ4v) is 2.93. The molecule has 0 fully saturated rings. The van der Waals surface area contributed by atoms with E-state index in [1.807, 2.05) is 35.7 Å². The van der Waals surface area contributed by atoms with E-state index in [-0.39, 0.29) is 0 Å². The first-order chi connectivity index (χ1) is 9.75. The van der Waals surface area contributed by atoms with Crippen molar-refractivity contribution in [3.05, 3.63) is 64.4 Å². The maximum atomic E-state index is 9.94. The Bertz CT molecular complexity index is 702. The summed E-state index contributed by atoms with van der Waals surface area (Å²) in [6.07, 6.45) is -0.544. The number of fused-ring (bicyclic) bond motifs is 1. The smallest absolute Gasteiger partial charge is 0.133 e. The van der Waals surface area contributed by atoms with Gasteiger partial charge < -0.3 is 9.84 Å². The highest BCUT2D eigenvalue weighted by Gasteiger charge is 2.13. The van der Waals surface area contributed by atoms with Crippen LogP contribution >= 0.6 is 11.3 Å². The monoisotopic (exact) mass is 284 g/mol. The van der Waals surface area contributed by atoms with E-state index in [2.05, 4.69) is 17.5 Å². The van der Waals surface area contributed by atoms with Crippen molar-refractivity contribution in [2.75, 3.05) is 0 Å². The van der Waals surface area contributed by atoms with Gasteiger partial charge in [-0.2, -0.15) is 11.3 Å². The van der Waals surface area contributed by atoms with Crippen molar-refractivity contribution in [1.29, 1.82) is 0 Å². The molecule has 0 aliphatic rings. The lowest BCUT2D eigenvalue weighted by atomic mass is 10.0. The second kappa shape index (κ2) is 5.65. The Morgan fingerprint density at radius 1 is 1.15 bits per heavy atom. The number of ether oxygens (including phenoxy) is 1. The van der Waals surface area contributed by atoms with Crippen LogP contribution in [0, 0.1) is 0 Å². The third-order valence-corrected chi connectivity index (χ3v) is 4.06. The van der Waals surface area contributed by atoms with Gasteiger partial charge in [-0.25, -0.2) is 0 Å². The van der Waals surface area contributed by atoms with Gasteiger partial charge in [0.15, 0.2) is 0 Å². The molecule has 3 rings (SSSR count). The van der Waals surface area contributed by atoms with Gasteiger partial charge in [0.05, 0.1) is 6.10 Å². The Balaban J connectivity index is 2.03. The van der Waals surface area contributed by atoms with Crippen LogP contribution < -0.4 is 4.74 Å². The average molecular weight is 284 g/mol. The molecule has 0 amide bonds. The molecule has 0 bridgehead atoms. The molecular weight excluding hydrogens is 268 g/mol. The molecule has 0 unspecified atom stereocenters. The highest BCUT2D eigenvalue weighted by Crippen LogP contribution is 2.34. The Labute approximate surface area is 122 Å². The van der Waals surface area contributed by atoms with Crippen LogP contribution in [0.2, 0.25) is 0 Å². The third-order valence-electron chi connectivity index (χ3n) is 3.32. The number of thiophene rings is 1. The van der Waals surface area contributed by atoms with E-state index in [4.69, 9.17) is 4.74 Å². The molecule has 1 aromatic heterocycles. The lowest BCUT2D eigenvalue weighted by molar-refractivity contribution is 0.191. The molecule has 0 radical (unpaired) electrons. The van der Waals surface area contributed by atoms with Crippen LogP contribution in [0.3, 0.4) is 0 Å². The maximum absolute atomic E-state index is 9.94. The van der Waals surface area contributed by atoms with Gasteiger partial charge in [-0.15, -0.1) is 0 Å². The van der Waals surface area contributed by atoms with Crippen LogP contribution in [0.1, 0.15) is 24.2 Å². The Morgan fingerprint density at radius 3 is 2.75 bits per heavy atom. The number of hydrogen-bond acceptors (Lipinski definition) is 3. The minimum atomic E-state index is -0.544. The van der Waals surface area contributed by atoms with Crippen LogP contribution in [0.4, 0.5) is 0 Å². The van der Waals surface area contributed by atoms with Crippen molar-refractivity contribution >= 4 is 22.1 Å². The molecule has 0 saturated heterocycles. The highest BCUT2D eigenvalue weighted by atomic mass is 32.1. The van der Waals surface area contributed by atoms with Crippen LogP contribution in [0.15, 0.2) is 53.2 Å². The molecule has 3 aromatic rings. The van der Waals surface area contributed by atoms with E-state index in [9.17, 15) is 5.11 Å². The summed E-state index contributed by atoms with van der Waals surface area (Å²) in [6, 6.07) is 14.1. The minimum absolute atomic E-state index is 0.525. The topological polar surface area (TPSA) is 29.5 Å². The summed E-state index contributed by atoms with van der Waals surface area (Å²) in [7, 11) is 0. The van der Waals surface area contributed by atoms with E-state index >= 15 is 0 Å². The van der Waals surface area contributed by atoms with E-state index in [0.717, 1.165) is 27.6 Å². The van der Waals surface area contributed by atoms with E-state index in [1.54, 1.807) is 18.3 Å². The summed E-state index contributed by atoms with van der Waals surface area (Å²) in [6.45, 7) is 2.29. The molecule has 0 spiro atoms. The van der Waals surface area contributed by atoms with Gasteiger partial charge in [-0.05, 0) is 34.7 Å². The largest absolute Gasteiger partial charge is 0.488 e. The minimum Gasteiger partial charge on any atom is -0.488 e. The molecule has 102 valence electrons. The fourth-order valence-electron chi connectivity index (χ4n) is 2.28. The lowest BCUT2D eigenvalue weighted by Gasteiger charge is -2.16. The number of aliphatic hydroxyl groups excluding tert-OH is 1. The van der Waals surface area contributed by atoms with Crippen molar-refractivity contribution in [2.45, 2.75) is 19.6 Å². The molecule has 3 heteroatoms. The van der Waals surface area contributed by atoms with Crippen molar-refractivity contribution in [3.63, 3.8) is 0 Å². The Kier molecular flexibility index (Phi) is 3.72. The molecular formula is C17H16O2S. The van der Waals surface area contributed by atoms with Gasteiger partial charge >= 0.3 is 0 Å². The molecule has 0 aliphatic carbocycles. The van der Waals surface area contributed by atoms with Crippen molar-refractivity contribution in [3.8, 4) is 5.75 Å². The molecule has 2 nitrogen and oxygen atoms in total. The normalized spacial score (nSPS) is 12.5. The van der Waals surface area contributed by atoms with Gasteiger partial charge in [0.2, 0.25) is 0 Å². The fraction of sp³-hybridized carbons (Fsp3) is 0.176. The van der Waals surface area contributed by atoms with Gasteiger partial charge in [-0.1, -0.05) is 36.4 Å². The zero-order valence-corrected chi connectivity index (χ0v) is 12.1. The standard InChI is InChI=1S/C17H16O2S/c1-12(18)15-7-6-14-4-2-3-5-16(14)17(15)19-10-13-8-9-20-11-13/h2-9,11-12,18H,10H2,1H3/t12-/m1/s1. The summed E-state index contributed by atoms with van der Waals surface area (Å²) in [4.78, 5) is 0. The molecule has 1 N–H and O–H groups in total. The highest BCUT2D eigenvalue weighted by molar-refractivity contribution is 7.07. The van der Waals surface area contributed by atoms with E-state index in [1.165, 1.54) is 0 Å². The SMILES string of the molecule is C[C@@H](O)c1ccc2ccccc2c1OCc1ccsc1. The number of aliphatic hydroxyl groups is 1. The van der Waals surface area contributed by atoms with Crippen molar-refractivity contribution in [2.24, 2.45) is 0 Å². The van der Waals surface area contributed by atoms with Gasteiger partial charge in [-0.3, -0.25) is 0 Å². The number of hydrogen-bond donors (Lipinski definition) is 1. The van der Waals surface area contributed by atoms with Crippen molar-refractivity contribution < 1.29 is 9.84 Å². The summed E-state index contributed by atoms with van der Waals surface area (Å²) in [5.41, 5.74) is 1.98. The first-order valence-electron chi connectivity index (χ1n) is 6.59. The van der Waals surface area contributed by atoms with E-state index < -0.39 is 6.10 Å². The molecule has 20 heavy (non-hydrogen) atoms. The molecule has 1 atom stereocenters.